The molecule has 48 heavy (non-hydrogen) atoms. The number of aromatic nitrogens is 2. The van der Waals surface area contributed by atoms with Crippen molar-refractivity contribution in [3.63, 3.8) is 0 Å². The van der Waals surface area contributed by atoms with Gasteiger partial charge in [0.05, 0.1) is 11.2 Å². The third-order valence-electron chi connectivity index (χ3n) is 8.11. The Morgan fingerprint density at radius 1 is 0.688 bits per heavy atom. The maximum Gasteiger partial charge on any atom is 0.410 e. The average Bonchev–Trinajstić information content (AvgIpc) is 3.01. The lowest BCUT2D eigenvalue weighted by atomic mass is 9.84. The molecular weight excluding hydrogens is 676 g/mol. The highest BCUT2D eigenvalue weighted by molar-refractivity contribution is 9.10. The zero-order valence-corrected chi connectivity index (χ0v) is 29.8. The van der Waals surface area contributed by atoms with Crippen LogP contribution in [0.5, 0.6) is 0 Å². The van der Waals surface area contributed by atoms with Crippen LogP contribution in [0.4, 0.5) is 9.59 Å². The van der Waals surface area contributed by atoms with Gasteiger partial charge in [-0.15, -0.1) is 0 Å². The summed E-state index contributed by atoms with van der Waals surface area (Å²) in [5.41, 5.74) is -0.149. The van der Waals surface area contributed by atoms with Gasteiger partial charge in [-0.25, -0.2) is 19.6 Å². The first kappa shape index (κ1) is 38.9. The fraction of sp³-hybridized carbons (Fsp3) is 0.514. The Labute approximate surface area is 293 Å². The Kier molecular flexibility index (Phi) is 12.8. The average molecular weight is 728 g/mol. The smallest absolute Gasteiger partial charge is 0.410 e. The van der Waals surface area contributed by atoms with Crippen molar-refractivity contribution < 1.29 is 29.3 Å². The summed E-state index contributed by atoms with van der Waals surface area (Å²) in [6.07, 6.45) is 4.78. The zero-order chi connectivity index (χ0) is 34.5. The summed E-state index contributed by atoms with van der Waals surface area (Å²) in [4.78, 5) is 36.0. The van der Waals surface area contributed by atoms with Gasteiger partial charge < -0.3 is 29.5 Å². The summed E-state index contributed by atoms with van der Waals surface area (Å²) in [5, 5.41) is 21.8. The Morgan fingerprint density at radius 2 is 1.04 bits per heavy atom. The van der Waals surface area contributed by atoms with Gasteiger partial charge in [0, 0.05) is 48.6 Å². The van der Waals surface area contributed by atoms with Crippen LogP contribution in [0.15, 0.2) is 71.5 Å². The molecule has 3 heterocycles. The number of hydrogen-bond acceptors (Lipinski definition) is 8. The Hall–Kier alpha value is -3.54. The highest BCUT2D eigenvalue weighted by Gasteiger charge is 2.38. The molecule has 2 N–H and O–H groups in total. The molecule has 2 amide bonds. The molecule has 0 bridgehead atoms. The van der Waals surface area contributed by atoms with Gasteiger partial charge in [-0.05, 0) is 96.6 Å². The van der Waals surface area contributed by atoms with Crippen molar-refractivity contribution >= 4 is 28.1 Å². The van der Waals surface area contributed by atoms with Crippen molar-refractivity contribution in [3.8, 4) is 11.4 Å². The lowest BCUT2D eigenvalue weighted by molar-refractivity contribution is -0.0366. The van der Waals surface area contributed by atoms with Crippen LogP contribution >= 0.6 is 15.9 Å². The Morgan fingerprint density at radius 3 is 1.40 bits per heavy atom. The highest BCUT2D eigenvalue weighted by Crippen LogP contribution is 2.35. The quantitative estimate of drug-likeness (QED) is 0.282. The van der Waals surface area contributed by atoms with Crippen molar-refractivity contribution in [2.75, 3.05) is 26.2 Å². The molecule has 2 aliphatic rings. The van der Waals surface area contributed by atoms with Crippen LogP contribution in [-0.2, 0) is 20.7 Å². The molecule has 2 aromatic carbocycles. The number of piperidine rings is 2. The zero-order valence-electron chi connectivity index (χ0n) is 28.2. The van der Waals surface area contributed by atoms with Gasteiger partial charge in [-0.1, -0.05) is 59.8 Å². The second-order valence-corrected chi connectivity index (χ2v) is 15.1. The normalized spacial score (nSPS) is 17.3. The third kappa shape index (κ3) is 10.7. The molecule has 1 aromatic heterocycles. The summed E-state index contributed by atoms with van der Waals surface area (Å²) in [5.74, 6) is 0.658. The van der Waals surface area contributed by atoms with Crippen molar-refractivity contribution in [3.05, 3.63) is 82.6 Å². The number of halogens is 1. The molecule has 262 valence electrons. The van der Waals surface area contributed by atoms with Gasteiger partial charge in [0.15, 0.2) is 5.82 Å². The van der Waals surface area contributed by atoms with Gasteiger partial charge in [0.2, 0.25) is 0 Å². The van der Waals surface area contributed by atoms with Crippen LogP contribution in [0.3, 0.4) is 0 Å². The van der Waals surface area contributed by atoms with E-state index < -0.39 is 22.4 Å². The maximum atomic E-state index is 12.2. The van der Waals surface area contributed by atoms with E-state index in [4.69, 9.17) is 9.47 Å². The van der Waals surface area contributed by atoms with Gasteiger partial charge in [-0.2, -0.15) is 0 Å². The van der Waals surface area contributed by atoms with Crippen LogP contribution in [0.1, 0.15) is 85.8 Å². The number of nitrogens with zero attached hydrogens (tertiary/aromatic N) is 4. The first-order valence-electron chi connectivity index (χ1n) is 16.0. The number of amides is 2. The van der Waals surface area contributed by atoms with Gasteiger partial charge in [0.1, 0.15) is 11.2 Å². The molecule has 2 aliphatic heterocycles. The van der Waals surface area contributed by atoms with E-state index in [1.54, 1.807) is 28.3 Å². The second-order valence-electron chi connectivity index (χ2n) is 14.2. The molecule has 10 nitrogen and oxygen atoms in total. The summed E-state index contributed by atoms with van der Waals surface area (Å²) < 4.78 is 11.8. The van der Waals surface area contributed by atoms with Gasteiger partial charge in [0.25, 0.3) is 0 Å². The molecule has 2 fully saturated rings. The van der Waals surface area contributed by atoms with Crippen molar-refractivity contribution in [1.29, 1.82) is 0 Å². The fourth-order valence-electron chi connectivity index (χ4n) is 5.49. The number of likely N-dealkylation sites (tertiary alicyclic amines) is 2. The van der Waals surface area contributed by atoms with E-state index in [1.807, 2.05) is 90.1 Å². The van der Waals surface area contributed by atoms with Gasteiger partial charge >= 0.3 is 12.2 Å². The molecule has 0 aliphatic carbocycles. The molecule has 0 atom stereocenters. The molecule has 0 spiro atoms. The minimum Gasteiger partial charge on any atom is -0.444 e. The summed E-state index contributed by atoms with van der Waals surface area (Å²) in [6, 6.07) is 17.1. The number of carbonyl (C=O) groups excluding carboxylic acids is 2. The SMILES string of the molecule is C.CC(C)(C)OC(=O)N1CCC(O)(c2ccc(-c3ncccn3)cc2)CC1.CC(C)(C)OC(=O)N1CCC(O)(c2ccc(Br)cc2)CC1. The van der Waals surface area contributed by atoms with E-state index in [2.05, 4.69) is 25.9 Å². The molecule has 0 unspecified atom stereocenters. The number of ether oxygens (including phenoxy) is 2. The molecule has 0 radical (unpaired) electrons. The predicted octanol–water partition coefficient (Wildman–Crippen LogP) is 7.67. The first-order valence-corrected chi connectivity index (χ1v) is 16.8. The topological polar surface area (TPSA) is 125 Å². The third-order valence-corrected chi connectivity index (χ3v) is 8.64. The largest absolute Gasteiger partial charge is 0.444 e. The van der Waals surface area contributed by atoms with Crippen LogP contribution in [-0.4, -0.2) is 79.5 Å². The predicted molar refractivity (Wildman–Crippen MR) is 190 cm³/mol. The van der Waals surface area contributed by atoms with Crippen LogP contribution in [0.2, 0.25) is 0 Å². The number of rotatable bonds is 3. The van der Waals surface area contributed by atoms with Crippen molar-refractivity contribution in [1.82, 2.24) is 19.8 Å². The first-order chi connectivity index (χ1) is 22.0. The summed E-state index contributed by atoms with van der Waals surface area (Å²) in [7, 11) is 0. The molecule has 5 rings (SSSR count). The fourth-order valence-corrected chi connectivity index (χ4v) is 5.75. The monoisotopic (exact) mass is 726 g/mol. The van der Waals surface area contributed by atoms with Crippen LogP contribution in [0, 0.1) is 0 Å². The summed E-state index contributed by atoms with van der Waals surface area (Å²) >= 11 is 3.39. The summed E-state index contributed by atoms with van der Waals surface area (Å²) in [6.45, 7) is 13.1. The molecule has 0 saturated carbocycles. The van der Waals surface area contributed by atoms with Gasteiger partial charge in [-0.3, -0.25) is 0 Å². The Balaban J connectivity index is 0.000000261. The van der Waals surface area contributed by atoms with E-state index in [0.29, 0.717) is 57.7 Å². The minimum absolute atomic E-state index is 0. The Bertz CT molecular complexity index is 1470. The van der Waals surface area contributed by atoms with E-state index in [1.165, 1.54) is 0 Å². The van der Waals surface area contributed by atoms with E-state index >= 15 is 0 Å². The molecule has 3 aromatic rings. The number of carbonyl (C=O) groups is 2. The molecule has 11 heteroatoms. The van der Waals surface area contributed by atoms with Crippen molar-refractivity contribution in [2.45, 2.75) is 97.1 Å². The minimum atomic E-state index is -0.936. The lowest BCUT2D eigenvalue weighted by Gasteiger charge is -2.39. The van der Waals surface area contributed by atoms with E-state index in [0.717, 1.165) is 21.2 Å². The van der Waals surface area contributed by atoms with E-state index in [-0.39, 0.29) is 19.6 Å². The second kappa shape index (κ2) is 15.8. The standard InChI is InChI=1S/C20H25N3O3.C16H22BrNO3.CH4/c1-19(2,3)26-18(24)23-13-9-20(25,10-14-23)16-7-5-15(6-8-16)17-21-11-4-12-22-17;1-15(2,3)21-14(19)18-10-8-16(20,9-11-18)12-4-6-13(17)7-5-12;/h4-8,11-12,25H,9-10,13-14H2,1-3H3;4-7,20H,8-11H2,1-3H3;1H4. The number of hydrogen-bond donors (Lipinski definition) is 2. The highest BCUT2D eigenvalue weighted by atomic mass is 79.9. The molecular formula is C37H51BrN4O6. The van der Waals surface area contributed by atoms with E-state index in [9.17, 15) is 19.8 Å². The molecule has 2 saturated heterocycles. The maximum absolute atomic E-state index is 12.2. The number of aliphatic hydroxyl groups is 2. The lowest BCUT2D eigenvalue weighted by Crippen LogP contribution is -2.46. The van der Waals surface area contributed by atoms with Crippen molar-refractivity contribution in [2.24, 2.45) is 0 Å². The van der Waals surface area contributed by atoms with Crippen LogP contribution < -0.4 is 0 Å². The number of benzene rings is 2. The van der Waals surface area contributed by atoms with Crippen LogP contribution in [0.25, 0.3) is 11.4 Å².